The molecule has 2 bridgehead atoms. The summed E-state index contributed by atoms with van der Waals surface area (Å²) < 4.78 is 0. The van der Waals surface area contributed by atoms with E-state index in [0.29, 0.717) is 11.8 Å². The molecular formula is C14H24N2O3. The molecule has 0 aromatic rings. The lowest BCUT2D eigenvalue weighted by Crippen LogP contribution is -2.49. The lowest BCUT2D eigenvalue weighted by atomic mass is 9.84. The van der Waals surface area contributed by atoms with Gasteiger partial charge in [-0.05, 0) is 37.0 Å². The summed E-state index contributed by atoms with van der Waals surface area (Å²) in [4.78, 5) is 23.2. The lowest BCUT2D eigenvalue weighted by Gasteiger charge is -2.30. The Morgan fingerprint density at radius 3 is 2.42 bits per heavy atom. The zero-order valence-corrected chi connectivity index (χ0v) is 11.6. The van der Waals surface area contributed by atoms with Crippen LogP contribution in [0.1, 0.15) is 39.5 Å². The minimum absolute atomic E-state index is 0.0283. The van der Waals surface area contributed by atoms with Gasteiger partial charge in [-0.25, -0.2) is 0 Å². The minimum Gasteiger partial charge on any atom is -0.481 e. The third-order valence-corrected chi connectivity index (χ3v) is 4.81. The van der Waals surface area contributed by atoms with E-state index in [-0.39, 0.29) is 36.2 Å². The fourth-order valence-corrected chi connectivity index (χ4v) is 3.65. The number of carbonyl (C=O) groups is 2. The Kier molecular flexibility index (Phi) is 4.13. The number of aliphatic carboxylic acids is 1. The highest BCUT2D eigenvalue weighted by Gasteiger charge is 2.49. The highest BCUT2D eigenvalue weighted by atomic mass is 16.4. The Morgan fingerprint density at radius 1 is 1.32 bits per heavy atom. The van der Waals surface area contributed by atoms with Gasteiger partial charge in [0.2, 0.25) is 5.91 Å². The number of carboxylic acids is 1. The number of carbonyl (C=O) groups excluding carboxylic acids is 1. The zero-order valence-electron chi connectivity index (χ0n) is 11.6. The smallest absolute Gasteiger partial charge is 0.305 e. The quantitative estimate of drug-likeness (QED) is 0.693. The van der Waals surface area contributed by atoms with Crippen LogP contribution in [0.4, 0.5) is 0 Å². The fourth-order valence-electron chi connectivity index (χ4n) is 3.65. The van der Waals surface area contributed by atoms with E-state index in [1.807, 2.05) is 13.8 Å². The topological polar surface area (TPSA) is 92.4 Å². The Bertz CT molecular complexity index is 368. The monoisotopic (exact) mass is 268 g/mol. The predicted octanol–water partition coefficient (Wildman–Crippen LogP) is 0.975. The van der Waals surface area contributed by atoms with E-state index in [4.69, 9.17) is 10.8 Å². The molecule has 0 saturated heterocycles. The largest absolute Gasteiger partial charge is 0.481 e. The van der Waals surface area contributed by atoms with Gasteiger partial charge in [0, 0.05) is 12.1 Å². The summed E-state index contributed by atoms with van der Waals surface area (Å²) >= 11 is 0. The summed E-state index contributed by atoms with van der Waals surface area (Å²) in [7, 11) is 0. The summed E-state index contributed by atoms with van der Waals surface area (Å²) in [6.07, 6.45) is 3.25. The summed E-state index contributed by atoms with van der Waals surface area (Å²) in [5.74, 6) is -0.0464. The van der Waals surface area contributed by atoms with Gasteiger partial charge < -0.3 is 16.2 Å². The second-order valence-corrected chi connectivity index (χ2v) is 6.39. The van der Waals surface area contributed by atoms with Crippen molar-refractivity contribution in [2.45, 2.75) is 51.6 Å². The van der Waals surface area contributed by atoms with Crippen LogP contribution in [-0.2, 0) is 9.59 Å². The first-order valence-corrected chi connectivity index (χ1v) is 7.18. The number of fused-ring (bicyclic) bond motifs is 2. The molecule has 2 aliphatic carbocycles. The summed E-state index contributed by atoms with van der Waals surface area (Å²) in [6, 6.07) is -0.354. The SMILES string of the molecule is CC(C)C(CC(=O)O)NC(=O)C1C2CCC(C2)C1N. The average molecular weight is 268 g/mol. The van der Waals surface area contributed by atoms with Gasteiger partial charge in [-0.2, -0.15) is 0 Å². The van der Waals surface area contributed by atoms with Crippen LogP contribution in [0.25, 0.3) is 0 Å². The number of amides is 1. The Morgan fingerprint density at radius 2 is 1.95 bits per heavy atom. The first-order chi connectivity index (χ1) is 8.90. The maximum atomic E-state index is 12.4. The van der Waals surface area contributed by atoms with E-state index < -0.39 is 5.97 Å². The van der Waals surface area contributed by atoms with Crippen LogP contribution in [0.2, 0.25) is 0 Å². The van der Waals surface area contributed by atoms with Crippen LogP contribution in [0.15, 0.2) is 0 Å². The maximum absolute atomic E-state index is 12.4. The molecule has 108 valence electrons. The molecule has 5 heteroatoms. The van der Waals surface area contributed by atoms with Gasteiger partial charge in [0.05, 0.1) is 12.3 Å². The Labute approximate surface area is 113 Å². The highest BCUT2D eigenvalue weighted by Crippen LogP contribution is 2.47. The van der Waals surface area contributed by atoms with Crippen molar-refractivity contribution in [2.24, 2.45) is 29.4 Å². The van der Waals surface area contributed by atoms with E-state index in [9.17, 15) is 9.59 Å². The highest BCUT2D eigenvalue weighted by molar-refractivity contribution is 5.81. The van der Waals surface area contributed by atoms with Gasteiger partial charge in [-0.15, -0.1) is 0 Å². The summed E-state index contributed by atoms with van der Waals surface area (Å²) in [5, 5.41) is 11.8. The van der Waals surface area contributed by atoms with Gasteiger partial charge in [-0.1, -0.05) is 13.8 Å². The van der Waals surface area contributed by atoms with Crippen molar-refractivity contribution in [3.63, 3.8) is 0 Å². The molecule has 5 atom stereocenters. The first-order valence-electron chi connectivity index (χ1n) is 7.18. The average Bonchev–Trinajstić information content (AvgIpc) is 2.87. The van der Waals surface area contributed by atoms with Gasteiger partial charge in [-0.3, -0.25) is 9.59 Å². The van der Waals surface area contributed by atoms with Crippen molar-refractivity contribution in [3.8, 4) is 0 Å². The van der Waals surface area contributed by atoms with Crippen LogP contribution in [0.3, 0.4) is 0 Å². The van der Waals surface area contributed by atoms with Crippen molar-refractivity contribution in [1.29, 1.82) is 0 Å². The normalized spacial score (nSPS) is 34.5. The number of carboxylic acid groups (broad SMARTS) is 1. The molecule has 0 radical (unpaired) electrons. The molecule has 19 heavy (non-hydrogen) atoms. The molecule has 2 rings (SSSR count). The van der Waals surface area contributed by atoms with Gasteiger partial charge in [0.1, 0.15) is 0 Å². The van der Waals surface area contributed by atoms with Crippen molar-refractivity contribution >= 4 is 11.9 Å². The second kappa shape index (κ2) is 5.49. The fraction of sp³-hybridized carbons (Fsp3) is 0.857. The predicted molar refractivity (Wildman–Crippen MR) is 71.3 cm³/mol. The van der Waals surface area contributed by atoms with E-state index in [2.05, 4.69) is 5.32 Å². The van der Waals surface area contributed by atoms with Crippen LogP contribution in [0, 0.1) is 23.7 Å². The van der Waals surface area contributed by atoms with Crippen molar-refractivity contribution < 1.29 is 14.7 Å². The van der Waals surface area contributed by atoms with E-state index in [1.54, 1.807) is 0 Å². The number of rotatable bonds is 5. The third kappa shape index (κ3) is 2.91. The molecular weight excluding hydrogens is 244 g/mol. The summed E-state index contributed by atoms with van der Waals surface area (Å²) in [6.45, 7) is 3.85. The summed E-state index contributed by atoms with van der Waals surface area (Å²) in [5.41, 5.74) is 6.14. The molecule has 0 spiro atoms. The molecule has 5 unspecified atom stereocenters. The van der Waals surface area contributed by atoms with Crippen LogP contribution >= 0.6 is 0 Å². The van der Waals surface area contributed by atoms with Gasteiger partial charge >= 0.3 is 5.97 Å². The number of nitrogens with one attached hydrogen (secondary N) is 1. The van der Waals surface area contributed by atoms with Gasteiger partial charge in [0.25, 0.3) is 0 Å². The zero-order chi connectivity index (χ0) is 14.2. The molecule has 2 aliphatic rings. The molecule has 0 aromatic heterocycles. The van der Waals surface area contributed by atoms with Crippen molar-refractivity contribution in [2.75, 3.05) is 0 Å². The molecule has 1 amide bonds. The van der Waals surface area contributed by atoms with Crippen molar-refractivity contribution in [1.82, 2.24) is 5.32 Å². The van der Waals surface area contributed by atoms with Crippen LogP contribution < -0.4 is 11.1 Å². The van der Waals surface area contributed by atoms with Gasteiger partial charge in [0.15, 0.2) is 0 Å². The molecule has 5 nitrogen and oxygen atoms in total. The van der Waals surface area contributed by atoms with E-state index in [1.165, 1.54) is 0 Å². The van der Waals surface area contributed by atoms with Crippen LogP contribution in [-0.4, -0.2) is 29.1 Å². The number of hydrogen-bond acceptors (Lipinski definition) is 3. The second-order valence-electron chi connectivity index (χ2n) is 6.39. The standard InChI is InChI=1S/C14H24N2O3/c1-7(2)10(6-11(17)18)16-14(19)12-8-3-4-9(5-8)13(12)15/h7-10,12-13H,3-6,15H2,1-2H3,(H,16,19)(H,17,18). The van der Waals surface area contributed by atoms with E-state index in [0.717, 1.165) is 19.3 Å². The van der Waals surface area contributed by atoms with Crippen LogP contribution in [0.5, 0.6) is 0 Å². The minimum atomic E-state index is -0.878. The van der Waals surface area contributed by atoms with E-state index >= 15 is 0 Å². The lowest BCUT2D eigenvalue weighted by molar-refractivity contribution is -0.138. The Balaban J connectivity index is 1.97. The molecule has 4 N–H and O–H groups in total. The molecule has 0 heterocycles. The maximum Gasteiger partial charge on any atom is 0.305 e. The van der Waals surface area contributed by atoms with Crippen molar-refractivity contribution in [3.05, 3.63) is 0 Å². The molecule has 0 aromatic carbocycles. The Hall–Kier alpha value is -1.10. The third-order valence-electron chi connectivity index (χ3n) is 4.81. The number of nitrogens with two attached hydrogens (primary N) is 1. The number of hydrogen-bond donors (Lipinski definition) is 3. The molecule has 2 saturated carbocycles. The first kappa shape index (κ1) is 14.3. The molecule has 2 fully saturated rings. The molecule has 0 aliphatic heterocycles.